The number of benzene rings is 1. The van der Waals surface area contributed by atoms with Crippen molar-refractivity contribution in [1.82, 2.24) is 0 Å². The second-order valence-electron chi connectivity index (χ2n) is 3.31. The smallest absolute Gasteiger partial charge is 0.260 e. The molecule has 0 aliphatic rings. The predicted octanol–water partition coefficient (Wildman–Crippen LogP) is 5.25. The zero-order valence-corrected chi connectivity index (χ0v) is 12.5. The Bertz CT molecular complexity index is 589. The van der Waals surface area contributed by atoms with E-state index >= 15 is 0 Å². The van der Waals surface area contributed by atoms with Crippen molar-refractivity contribution in [3.05, 3.63) is 49.8 Å². The third-order valence-electron chi connectivity index (χ3n) is 2.11. The minimum Gasteiger partial charge on any atom is -0.457 e. The van der Waals surface area contributed by atoms with Gasteiger partial charge in [0.05, 0.1) is 27.6 Å². The maximum atomic E-state index is 11.9. The van der Waals surface area contributed by atoms with Gasteiger partial charge >= 0.3 is 0 Å². The van der Waals surface area contributed by atoms with Crippen molar-refractivity contribution < 1.29 is 9.21 Å². The van der Waals surface area contributed by atoms with E-state index in [1.807, 2.05) is 0 Å². The van der Waals surface area contributed by atoms with E-state index in [2.05, 4.69) is 21.2 Å². The molecule has 3 nitrogen and oxygen atoms in total. The number of carbonyl (C=O) groups is 1. The summed E-state index contributed by atoms with van der Waals surface area (Å²) in [6.07, 6.45) is 1.39. The van der Waals surface area contributed by atoms with Crippen molar-refractivity contribution >= 4 is 62.3 Å². The Balaban J connectivity index is 2.31. The van der Waals surface area contributed by atoms with Crippen molar-refractivity contribution in [3.63, 3.8) is 0 Å². The van der Waals surface area contributed by atoms with Crippen molar-refractivity contribution in [2.24, 2.45) is 0 Å². The average Bonchev–Trinajstić information content (AvgIpc) is 2.69. The Morgan fingerprint density at radius 3 is 2.33 bits per heavy atom. The molecule has 1 heterocycles. The van der Waals surface area contributed by atoms with Crippen LogP contribution in [0.5, 0.6) is 0 Å². The molecule has 2 aromatic rings. The van der Waals surface area contributed by atoms with Crippen LogP contribution in [0.4, 0.5) is 5.69 Å². The Kier molecular flexibility index (Phi) is 4.22. The molecular weight excluding hydrogens is 364 g/mol. The molecule has 18 heavy (non-hydrogen) atoms. The van der Waals surface area contributed by atoms with E-state index in [1.54, 1.807) is 0 Å². The van der Waals surface area contributed by atoms with Crippen LogP contribution >= 0.6 is 50.7 Å². The van der Waals surface area contributed by atoms with Gasteiger partial charge in [0.2, 0.25) is 0 Å². The molecule has 0 atom stereocenters. The number of amides is 1. The fourth-order valence-corrected chi connectivity index (χ4v) is 2.63. The summed E-state index contributed by atoms with van der Waals surface area (Å²) < 4.78 is 5.31. The Morgan fingerprint density at radius 2 is 1.83 bits per heavy atom. The lowest BCUT2D eigenvalue weighted by Gasteiger charge is -2.09. The number of rotatable bonds is 2. The van der Waals surface area contributed by atoms with Crippen LogP contribution in [0.1, 0.15) is 10.4 Å². The molecule has 0 aliphatic carbocycles. The van der Waals surface area contributed by atoms with Crippen LogP contribution in [0.3, 0.4) is 0 Å². The second kappa shape index (κ2) is 5.53. The molecule has 94 valence electrons. The zero-order chi connectivity index (χ0) is 13.3. The maximum absolute atomic E-state index is 11.9. The van der Waals surface area contributed by atoms with Gasteiger partial charge in [0.1, 0.15) is 0 Å². The van der Waals surface area contributed by atoms with E-state index in [0.29, 0.717) is 20.9 Å². The quantitative estimate of drug-likeness (QED) is 0.785. The summed E-state index contributed by atoms with van der Waals surface area (Å²) in [5.74, 6) is -0.387. The van der Waals surface area contributed by atoms with E-state index in [-0.39, 0.29) is 16.0 Å². The van der Waals surface area contributed by atoms with Crippen LogP contribution in [0, 0.1) is 0 Å². The number of anilines is 1. The first-order chi connectivity index (χ1) is 8.49. The highest BCUT2D eigenvalue weighted by Crippen LogP contribution is 2.34. The van der Waals surface area contributed by atoms with Crippen LogP contribution in [0.2, 0.25) is 15.1 Å². The Hall–Kier alpha value is -0.680. The third-order valence-corrected chi connectivity index (χ3v) is 3.54. The van der Waals surface area contributed by atoms with Crippen LogP contribution in [-0.4, -0.2) is 5.91 Å². The van der Waals surface area contributed by atoms with Gasteiger partial charge in [0.15, 0.2) is 4.67 Å². The standard InChI is InChI=1S/C11H5BrCl3NO2/c12-10-6(1-2-18-10)11(17)16-9-7(14)3-5(13)4-8(9)15/h1-4H,(H,16,17). The average molecular weight is 369 g/mol. The first-order valence-electron chi connectivity index (χ1n) is 4.68. The van der Waals surface area contributed by atoms with Crippen LogP contribution in [0.15, 0.2) is 33.5 Å². The summed E-state index contributed by atoms with van der Waals surface area (Å²) in [6.45, 7) is 0. The molecule has 7 heteroatoms. The van der Waals surface area contributed by atoms with E-state index in [4.69, 9.17) is 39.2 Å². The van der Waals surface area contributed by atoms with Gasteiger partial charge < -0.3 is 9.73 Å². The lowest BCUT2D eigenvalue weighted by molar-refractivity contribution is 0.102. The second-order valence-corrected chi connectivity index (χ2v) is 5.28. The van der Waals surface area contributed by atoms with Crippen molar-refractivity contribution in [1.29, 1.82) is 0 Å². The minimum absolute atomic E-state index is 0.264. The molecule has 0 fully saturated rings. The molecule has 0 unspecified atom stereocenters. The summed E-state index contributed by atoms with van der Waals surface area (Å²) >= 11 is 20.8. The predicted molar refractivity (Wildman–Crippen MR) is 75.8 cm³/mol. The van der Waals surface area contributed by atoms with Crippen molar-refractivity contribution in [2.45, 2.75) is 0 Å². The van der Waals surface area contributed by atoms with Gasteiger partial charge in [-0.3, -0.25) is 4.79 Å². The lowest BCUT2D eigenvalue weighted by atomic mass is 10.2. The number of nitrogens with one attached hydrogen (secondary N) is 1. The number of carbonyl (C=O) groups excluding carboxylic acids is 1. The van der Waals surface area contributed by atoms with Crippen LogP contribution in [0.25, 0.3) is 0 Å². The van der Waals surface area contributed by atoms with Gasteiger partial charge in [-0.25, -0.2) is 0 Å². The summed E-state index contributed by atoms with van der Waals surface area (Å²) in [7, 11) is 0. The first-order valence-corrected chi connectivity index (χ1v) is 6.60. The van der Waals surface area contributed by atoms with E-state index in [0.717, 1.165) is 0 Å². The number of furan rings is 1. The largest absolute Gasteiger partial charge is 0.457 e. The third kappa shape index (κ3) is 2.83. The van der Waals surface area contributed by atoms with Gasteiger partial charge in [-0.1, -0.05) is 34.8 Å². The van der Waals surface area contributed by atoms with Crippen molar-refractivity contribution in [3.8, 4) is 0 Å². The molecule has 1 aromatic carbocycles. The zero-order valence-electron chi connectivity index (χ0n) is 8.64. The first kappa shape index (κ1) is 13.7. The van der Waals surface area contributed by atoms with E-state index < -0.39 is 0 Å². The van der Waals surface area contributed by atoms with Gasteiger partial charge in [-0.15, -0.1) is 0 Å². The number of hydrogen-bond donors (Lipinski definition) is 1. The van der Waals surface area contributed by atoms with Crippen molar-refractivity contribution in [2.75, 3.05) is 5.32 Å². The van der Waals surface area contributed by atoms with E-state index in [9.17, 15) is 4.79 Å². The molecule has 0 saturated carbocycles. The number of hydrogen-bond acceptors (Lipinski definition) is 2. The SMILES string of the molecule is O=C(Nc1c(Cl)cc(Cl)cc1Cl)c1ccoc1Br. The number of halogens is 4. The Labute approximate surface area is 126 Å². The molecule has 1 amide bonds. The van der Waals surface area contributed by atoms with Crippen LogP contribution < -0.4 is 5.32 Å². The topological polar surface area (TPSA) is 42.2 Å². The highest BCUT2D eigenvalue weighted by molar-refractivity contribution is 9.10. The van der Waals surface area contributed by atoms with Gasteiger partial charge in [0.25, 0.3) is 5.91 Å². The van der Waals surface area contributed by atoms with Gasteiger partial charge in [0, 0.05) is 5.02 Å². The maximum Gasteiger partial charge on any atom is 0.260 e. The molecule has 0 aliphatic heterocycles. The highest BCUT2D eigenvalue weighted by Gasteiger charge is 2.16. The molecule has 0 spiro atoms. The molecule has 0 saturated heterocycles. The van der Waals surface area contributed by atoms with Gasteiger partial charge in [-0.05, 0) is 34.1 Å². The molecule has 1 N–H and O–H groups in total. The normalized spacial score (nSPS) is 10.4. The summed E-state index contributed by atoms with van der Waals surface area (Å²) in [6, 6.07) is 4.52. The minimum atomic E-state index is -0.387. The van der Waals surface area contributed by atoms with E-state index in [1.165, 1.54) is 24.5 Å². The molecule has 0 bridgehead atoms. The van der Waals surface area contributed by atoms with Gasteiger partial charge in [-0.2, -0.15) is 0 Å². The summed E-state index contributed by atoms with van der Waals surface area (Å²) in [5, 5.41) is 3.52. The fraction of sp³-hybridized carbons (Fsp3) is 0. The summed E-state index contributed by atoms with van der Waals surface area (Å²) in [4.78, 5) is 11.9. The molecule has 0 radical (unpaired) electrons. The molecular formula is C11H5BrCl3NO2. The molecule has 2 rings (SSSR count). The fourth-order valence-electron chi connectivity index (χ4n) is 1.30. The monoisotopic (exact) mass is 367 g/mol. The Morgan fingerprint density at radius 1 is 1.22 bits per heavy atom. The summed E-state index contributed by atoms with van der Waals surface area (Å²) in [5.41, 5.74) is 0.651. The highest BCUT2D eigenvalue weighted by atomic mass is 79.9. The lowest BCUT2D eigenvalue weighted by Crippen LogP contribution is -2.12. The molecule has 1 aromatic heterocycles. The van der Waals surface area contributed by atoms with Crippen LogP contribution in [-0.2, 0) is 0 Å².